The summed E-state index contributed by atoms with van der Waals surface area (Å²) < 4.78 is 70.3. The number of aromatic nitrogens is 1. The van der Waals surface area contributed by atoms with Crippen molar-refractivity contribution >= 4 is 11.6 Å². The third-order valence-electron chi connectivity index (χ3n) is 4.88. The molecule has 2 aromatic carbocycles. The molecular weight excluding hydrogens is 447 g/mol. The topological polar surface area (TPSA) is 62.7 Å². The lowest BCUT2D eigenvalue weighted by Gasteiger charge is -2.26. The Kier molecular flexibility index (Phi) is 7.27. The number of aliphatic hydroxyl groups is 1. The molecule has 0 aliphatic carbocycles. The molecule has 0 saturated carbocycles. The van der Waals surface area contributed by atoms with Gasteiger partial charge in [-0.2, -0.15) is 13.2 Å². The second-order valence-electron chi connectivity index (χ2n) is 7.05. The number of aliphatic hydroxyl groups excluding tert-OH is 1. The van der Waals surface area contributed by atoms with Crippen molar-refractivity contribution in [2.24, 2.45) is 0 Å². The first-order valence-electron chi connectivity index (χ1n) is 9.70. The van der Waals surface area contributed by atoms with E-state index in [4.69, 9.17) is 4.74 Å². The second-order valence-corrected chi connectivity index (χ2v) is 7.05. The Morgan fingerprint density at radius 1 is 1.09 bits per heavy atom. The quantitative estimate of drug-likeness (QED) is 0.513. The molecule has 0 aliphatic rings. The molecule has 3 aromatic rings. The van der Waals surface area contributed by atoms with Gasteiger partial charge in [0.25, 0.3) is 5.91 Å². The normalized spacial score (nSPS) is 12.3. The Morgan fingerprint density at radius 3 is 2.36 bits per heavy atom. The minimum Gasteiger partial charge on any atom is -0.494 e. The third kappa shape index (κ3) is 5.83. The summed E-state index contributed by atoms with van der Waals surface area (Å²) in [7, 11) is 1.24. The molecule has 174 valence electrons. The van der Waals surface area contributed by atoms with Gasteiger partial charge < -0.3 is 14.7 Å². The summed E-state index contributed by atoms with van der Waals surface area (Å²) in [6.45, 7) is -0.0930. The van der Waals surface area contributed by atoms with E-state index in [1.165, 1.54) is 37.4 Å². The van der Waals surface area contributed by atoms with Gasteiger partial charge in [0, 0.05) is 36.6 Å². The molecule has 1 atom stereocenters. The summed E-state index contributed by atoms with van der Waals surface area (Å²) in [6, 6.07) is 10.4. The Balaban J connectivity index is 1.88. The molecular formula is C23H19F5N2O3. The molecule has 3 rings (SSSR count). The maximum absolute atomic E-state index is 13.9. The van der Waals surface area contributed by atoms with E-state index in [0.717, 1.165) is 29.2 Å². The van der Waals surface area contributed by atoms with Crippen LogP contribution in [0, 0.1) is 11.6 Å². The zero-order valence-electron chi connectivity index (χ0n) is 17.3. The van der Waals surface area contributed by atoms with E-state index >= 15 is 0 Å². The van der Waals surface area contributed by atoms with Crippen molar-refractivity contribution < 1.29 is 36.6 Å². The highest BCUT2D eigenvalue weighted by molar-refractivity contribution is 5.97. The predicted molar refractivity (Wildman–Crippen MR) is 110 cm³/mol. The lowest BCUT2D eigenvalue weighted by Crippen LogP contribution is -2.37. The van der Waals surface area contributed by atoms with E-state index in [9.17, 15) is 31.9 Å². The van der Waals surface area contributed by atoms with Gasteiger partial charge in [0.05, 0.1) is 12.7 Å². The number of pyridine rings is 1. The van der Waals surface area contributed by atoms with Crippen LogP contribution in [0.3, 0.4) is 0 Å². The zero-order valence-corrected chi connectivity index (χ0v) is 17.3. The number of anilines is 1. The fourth-order valence-electron chi connectivity index (χ4n) is 3.08. The molecule has 5 nitrogen and oxygen atoms in total. The van der Waals surface area contributed by atoms with Crippen LogP contribution in [-0.2, 0) is 17.4 Å². The maximum Gasteiger partial charge on any atom is 0.417 e. The molecule has 0 aliphatic heterocycles. The van der Waals surface area contributed by atoms with Gasteiger partial charge in [0.15, 0.2) is 17.7 Å². The molecule has 0 bridgehead atoms. The van der Waals surface area contributed by atoms with Crippen LogP contribution in [0.15, 0.2) is 60.8 Å². The number of hydrogen-bond acceptors (Lipinski definition) is 4. The number of benzene rings is 2. The number of alkyl halides is 3. The molecule has 1 N–H and O–H groups in total. The van der Waals surface area contributed by atoms with Gasteiger partial charge in [-0.1, -0.05) is 12.1 Å². The van der Waals surface area contributed by atoms with Crippen LogP contribution in [0.25, 0.3) is 0 Å². The predicted octanol–water partition coefficient (Wildman–Crippen LogP) is 4.70. The monoisotopic (exact) mass is 466 g/mol. The van der Waals surface area contributed by atoms with Crippen LogP contribution < -0.4 is 9.64 Å². The van der Waals surface area contributed by atoms with Crippen molar-refractivity contribution in [1.29, 1.82) is 0 Å². The van der Waals surface area contributed by atoms with Gasteiger partial charge in [-0.25, -0.2) is 8.78 Å². The van der Waals surface area contributed by atoms with E-state index in [1.807, 2.05) is 0 Å². The van der Waals surface area contributed by atoms with Crippen molar-refractivity contribution in [3.05, 3.63) is 89.2 Å². The van der Waals surface area contributed by atoms with Gasteiger partial charge in [-0.15, -0.1) is 0 Å². The molecule has 0 spiro atoms. The van der Waals surface area contributed by atoms with Crippen LogP contribution >= 0.6 is 0 Å². The van der Waals surface area contributed by atoms with Gasteiger partial charge >= 0.3 is 6.18 Å². The van der Waals surface area contributed by atoms with Crippen molar-refractivity contribution in [2.45, 2.75) is 18.7 Å². The number of nitrogens with zero attached hydrogens (tertiary/aromatic N) is 2. The molecule has 10 heteroatoms. The first-order valence-corrected chi connectivity index (χ1v) is 9.70. The van der Waals surface area contributed by atoms with E-state index in [2.05, 4.69) is 4.98 Å². The summed E-state index contributed by atoms with van der Waals surface area (Å²) in [4.78, 5) is 18.0. The fourth-order valence-corrected chi connectivity index (χ4v) is 3.08. The Bertz CT molecular complexity index is 1100. The number of halogens is 5. The van der Waals surface area contributed by atoms with E-state index < -0.39 is 35.4 Å². The Morgan fingerprint density at radius 2 is 1.79 bits per heavy atom. The van der Waals surface area contributed by atoms with Crippen molar-refractivity contribution in [3.8, 4) is 5.75 Å². The summed E-state index contributed by atoms with van der Waals surface area (Å²) in [5, 5.41) is 10.6. The Hall–Kier alpha value is -3.53. The highest BCUT2D eigenvalue weighted by Crippen LogP contribution is 2.29. The van der Waals surface area contributed by atoms with Gasteiger partial charge in [-0.3, -0.25) is 9.78 Å². The molecule has 0 radical (unpaired) electrons. The smallest absolute Gasteiger partial charge is 0.417 e. The fraction of sp³-hybridized carbons (Fsp3) is 0.217. The molecule has 1 aromatic heterocycles. The van der Waals surface area contributed by atoms with Crippen LogP contribution in [-0.4, -0.2) is 29.7 Å². The summed E-state index contributed by atoms with van der Waals surface area (Å²) in [5.41, 5.74) is -0.320. The molecule has 0 fully saturated rings. The van der Waals surface area contributed by atoms with Gasteiger partial charge in [0.2, 0.25) is 0 Å². The molecule has 33 heavy (non-hydrogen) atoms. The average Bonchev–Trinajstić information content (AvgIpc) is 2.79. The van der Waals surface area contributed by atoms with Crippen LogP contribution in [0.1, 0.15) is 22.9 Å². The highest BCUT2D eigenvalue weighted by Gasteiger charge is 2.31. The number of amides is 1. The largest absolute Gasteiger partial charge is 0.494 e. The maximum atomic E-state index is 13.9. The Labute approximate surface area is 186 Å². The minimum absolute atomic E-state index is 0.0414. The summed E-state index contributed by atoms with van der Waals surface area (Å²) in [6.07, 6.45) is -5.46. The van der Waals surface area contributed by atoms with Gasteiger partial charge in [-0.05, 0) is 42.0 Å². The van der Waals surface area contributed by atoms with E-state index in [1.54, 1.807) is 0 Å². The number of carbonyl (C=O) groups excluding carboxylic acids is 1. The highest BCUT2D eigenvalue weighted by atomic mass is 19.4. The standard InChI is InChI=1S/C23H19F5N2O3/c1-33-20-12-18(8-9-19(20)25)30(22(32)21(31)14-2-5-16(24)6-3-14)11-10-17-7-4-15(13-29-17)23(26,27)28/h2-9,12-13,21,31H,10-11H2,1H3. The summed E-state index contributed by atoms with van der Waals surface area (Å²) >= 11 is 0. The van der Waals surface area contributed by atoms with E-state index in [-0.39, 0.29) is 35.7 Å². The van der Waals surface area contributed by atoms with Crippen molar-refractivity contribution in [3.63, 3.8) is 0 Å². The SMILES string of the molecule is COc1cc(N(CCc2ccc(C(F)(F)F)cn2)C(=O)C(O)c2ccc(F)cc2)ccc1F. The van der Waals surface area contributed by atoms with Crippen LogP contribution in [0.4, 0.5) is 27.6 Å². The molecule has 1 unspecified atom stereocenters. The number of carbonyl (C=O) groups is 1. The van der Waals surface area contributed by atoms with Crippen molar-refractivity contribution in [2.75, 3.05) is 18.6 Å². The minimum atomic E-state index is -4.53. The molecule has 1 heterocycles. The van der Waals surface area contributed by atoms with Crippen molar-refractivity contribution in [1.82, 2.24) is 4.98 Å². The second kappa shape index (κ2) is 9.95. The number of rotatable bonds is 7. The summed E-state index contributed by atoms with van der Waals surface area (Å²) in [5.74, 6) is -2.17. The lowest BCUT2D eigenvalue weighted by atomic mass is 10.1. The van der Waals surface area contributed by atoms with Crippen LogP contribution in [0.2, 0.25) is 0 Å². The van der Waals surface area contributed by atoms with Crippen LogP contribution in [0.5, 0.6) is 5.75 Å². The number of methoxy groups -OCH3 is 1. The van der Waals surface area contributed by atoms with E-state index in [0.29, 0.717) is 6.20 Å². The number of ether oxygens (including phenoxy) is 1. The number of hydrogen-bond donors (Lipinski definition) is 1. The lowest BCUT2D eigenvalue weighted by molar-refractivity contribution is -0.137. The molecule has 1 amide bonds. The van der Waals surface area contributed by atoms with Gasteiger partial charge in [0.1, 0.15) is 5.82 Å². The molecule has 0 saturated heterocycles. The zero-order chi connectivity index (χ0) is 24.2. The third-order valence-corrected chi connectivity index (χ3v) is 4.88. The first kappa shape index (κ1) is 24.1. The average molecular weight is 466 g/mol. The first-order chi connectivity index (χ1) is 15.6.